The molecule has 21 heavy (non-hydrogen) atoms. The molecule has 0 bridgehead atoms. The van der Waals surface area contributed by atoms with E-state index in [9.17, 15) is 0 Å². The number of fused-ring (bicyclic) bond motifs is 1. The SMILES string of the molecule is CCOc1cccc2c1CC[C@@H](O[Si](C)(C)C(C)(C)C)C2. The van der Waals surface area contributed by atoms with Gasteiger partial charge in [0.05, 0.1) is 6.61 Å². The Labute approximate surface area is 131 Å². The summed E-state index contributed by atoms with van der Waals surface area (Å²) in [6.45, 7) is 14.4. The van der Waals surface area contributed by atoms with Crippen molar-refractivity contribution in [3.8, 4) is 5.75 Å². The van der Waals surface area contributed by atoms with Gasteiger partial charge in [-0.15, -0.1) is 0 Å². The van der Waals surface area contributed by atoms with Gasteiger partial charge >= 0.3 is 0 Å². The van der Waals surface area contributed by atoms with Crippen molar-refractivity contribution < 1.29 is 9.16 Å². The van der Waals surface area contributed by atoms with Crippen molar-refractivity contribution in [3.63, 3.8) is 0 Å². The summed E-state index contributed by atoms with van der Waals surface area (Å²) in [5.41, 5.74) is 2.81. The van der Waals surface area contributed by atoms with Crippen LogP contribution in [0.25, 0.3) is 0 Å². The van der Waals surface area contributed by atoms with E-state index in [2.05, 4.69) is 52.1 Å². The highest BCUT2D eigenvalue weighted by molar-refractivity contribution is 6.74. The fourth-order valence-electron chi connectivity index (χ4n) is 2.72. The smallest absolute Gasteiger partial charge is 0.192 e. The van der Waals surface area contributed by atoms with E-state index in [-0.39, 0.29) is 5.04 Å². The molecule has 1 aliphatic carbocycles. The summed E-state index contributed by atoms with van der Waals surface area (Å²) in [7, 11) is -1.67. The molecule has 0 N–H and O–H groups in total. The molecule has 0 radical (unpaired) electrons. The molecule has 1 aromatic rings. The van der Waals surface area contributed by atoms with Crippen LogP contribution in [-0.4, -0.2) is 21.0 Å². The first-order valence-electron chi connectivity index (χ1n) is 8.16. The molecule has 1 aromatic carbocycles. The molecule has 2 nitrogen and oxygen atoms in total. The van der Waals surface area contributed by atoms with Crippen LogP contribution in [0.4, 0.5) is 0 Å². The van der Waals surface area contributed by atoms with Crippen molar-refractivity contribution in [2.45, 2.75) is 71.2 Å². The predicted octanol–water partition coefficient (Wildman–Crippen LogP) is 4.96. The quantitative estimate of drug-likeness (QED) is 0.732. The second-order valence-corrected chi connectivity index (χ2v) is 12.3. The predicted molar refractivity (Wildman–Crippen MR) is 91.7 cm³/mol. The van der Waals surface area contributed by atoms with Gasteiger partial charge in [0.15, 0.2) is 8.32 Å². The molecule has 0 unspecified atom stereocenters. The standard InChI is InChI=1S/C18H30O2Si/c1-7-19-17-10-8-9-14-13-15(11-12-16(14)17)20-21(5,6)18(2,3)4/h8-10,15H,7,11-13H2,1-6H3/t15-/m1/s1. The third kappa shape index (κ3) is 3.70. The largest absolute Gasteiger partial charge is 0.494 e. The van der Waals surface area contributed by atoms with Gasteiger partial charge in [0, 0.05) is 6.10 Å². The van der Waals surface area contributed by atoms with E-state index in [0.717, 1.165) is 31.6 Å². The summed E-state index contributed by atoms with van der Waals surface area (Å²) in [6.07, 6.45) is 3.59. The first kappa shape index (κ1) is 16.6. The Kier molecular flexibility index (Phi) is 4.84. The maximum absolute atomic E-state index is 6.60. The highest BCUT2D eigenvalue weighted by Gasteiger charge is 2.39. The van der Waals surface area contributed by atoms with Crippen molar-refractivity contribution >= 4 is 8.32 Å². The van der Waals surface area contributed by atoms with Crippen LogP contribution in [0.2, 0.25) is 18.1 Å². The second kappa shape index (κ2) is 6.13. The number of hydrogen-bond acceptors (Lipinski definition) is 2. The molecule has 0 fully saturated rings. The van der Waals surface area contributed by atoms with Gasteiger partial charge in [0.2, 0.25) is 0 Å². The van der Waals surface area contributed by atoms with Crippen LogP contribution in [0.1, 0.15) is 45.2 Å². The fraction of sp³-hybridized carbons (Fsp3) is 0.667. The van der Waals surface area contributed by atoms with Crippen molar-refractivity contribution in [3.05, 3.63) is 29.3 Å². The van der Waals surface area contributed by atoms with E-state index in [1.807, 2.05) is 6.92 Å². The molecule has 2 rings (SSSR count). The molecular weight excluding hydrogens is 276 g/mol. The first-order chi connectivity index (χ1) is 9.74. The Hall–Kier alpha value is -0.803. The lowest BCUT2D eigenvalue weighted by molar-refractivity contribution is 0.164. The molecule has 0 aromatic heterocycles. The van der Waals surface area contributed by atoms with Crippen LogP contribution in [0.5, 0.6) is 5.75 Å². The molecule has 118 valence electrons. The van der Waals surface area contributed by atoms with E-state index in [1.54, 1.807) is 0 Å². The monoisotopic (exact) mass is 306 g/mol. The molecule has 0 amide bonds. The lowest BCUT2D eigenvalue weighted by Gasteiger charge is -2.40. The zero-order chi connectivity index (χ0) is 15.7. The van der Waals surface area contributed by atoms with Crippen molar-refractivity contribution in [2.24, 2.45) is 0 Å². The lowest BCUT2D eigenvalue weighted by Crippen LogP contribution is -2.45. The molecule has 0 aliphatic heterocycles. The summed E-state index contributed by atoms with van der Waals surface area (Å²) >= 11 is 0. The third-order valence-electron chi connectivity index (χ3n) is 4.96. The topological polar surface area (TPSA) is 18.5 Å². The summed E-state index contributed by atoms with van der Waals surface area (Å²) in [4.78, 5) is 0. The minimum Gasteiger partial charge on any atom is -0.494 e. The number of hydrogen-bond donors (Lipinski definition) is 0. The molecule has 3 heteroatoms. The average molecular weight is 307 g/mol. The van der Waals surface area contributed by atoms with Gasteiger partial charge in [-0.1, -0.05) is 32.9 Å². The summed E-state index contributed by atoms with van der Waals surface area (Å²) in [6, 6.07) is 6.44. The van der Waals surface area contributed by atoms with Gasteiger partial charge in [-0.05, 0) is 61.5 Å². The van der Waals surface area contributed by atoms with Gasteiger partial charge in [0.25, 0.3) is 0 Å². The van der Waals surface area contributed by atoms with E-state index in [4.69, 9.17) is 9.16 Å². The van der Waals surface area contributed by atoms with Crippen LogP contribution in [0.3, 0.4) is 0 Å². The van der Waals surface area contributed by atoms with Gasteiger partial charge < -0.3 is 9.16 Å². The zero-order valence-electron chi connectivity index (χ0n) is 14.5. The van der Waals surface area contributed by atoms with Crippen molar-refractivity contribution in [1.29, 1.82) is 0 Å². The van der Waals surface area contributed by atoms with E-state index in [0.29, 0.717) is 6.10 Å². The van der Waals surface area contributed by atoms with Crippen LogP contribution in [0.15, 0.2) is 18.2 Å². The molecule has 1 atom stereocenters. The minimum atomic E-state index is -1.67. The molecule has 0 spiro atoms. The number of benzene rings is 1. The molecular formula is C18H30O2Si. The molecule has 0 saturated carbocycles. The summed E-state index contributed by atoms with van der Waals surface area (Å²) < 4.78 is 12.4. The number of ether oxygens (including phenoxy) is 1. The summed E-state index contributed by atoms with van der Waals surface area (Å²) in [5.74, 6) is 1.07. The van der Waals surface area contributed by atoms with E-state index < -0.39 is 8.32 Å². The normalized spacial score (nSPS) is 19.2. The van der Waals surface area contributed by atoms with Crippen molar-refractivity contribution in [2.75, 3.05) is 6.61 Å². The van der Waals surface area contributed by atoms with Crippen LogP contribution in [0, 0.1) is 0 Å². The Bertz CT molecular complexity index is 488. The van der Waals surface area contributed by atoms with Crippen molar-refractivity contribution in [1.82, 2.24) is 0 Å². The maximum Gasteiger partial charge on any atom is 0.192 e. The fourth-order valence-corrected chi connectivity index (χ4v) is 4.11. The van der Waals surface area contributed by atoms with Gasteiger partial charge in [-0.25, -0.2) is 0 Å². The Morgan fingerprint density at radius 2 is 1.95 bits per heavy atom. The van der Waals surface area contributed by atoms with Gasteiger partial charge in [-0.3, -0.25) is 0 Å². The Balaban J connectivity index is 2.12. The number of rotatable bonds is 4. The zero-order valence-corrected chi connectivity index (χ0v) is 15.5. The van der Waals surface area contributed by atoms with Gasteiger partial charge in [-0.2, -0.15) is 0 Å². The van der Waals surface area contributed by atoms with Gasteiger partial charge in [0.1, 0.15) is 5.75 Å². The summed E-state index contributed by atoms with van der Waals surface area (Å²) in [5, 5.41) is 0.278. The highest BCUT2D eigenvalue weighted by Crippen LogP contribution is 2.39. The lowest BCUT2D eigenvalue weighted by atomic mass is 9.89. The third-order valence-corrected chi connectivity index (χ3v) is 9.50. The van der Waals surface area contributed by atoms with Crippen LogP contribution in [-0.2, 0) is 17.3 Å². The molecule has 0 saturated heterocycles. The van der Waals surface area contributed by atoms with E-state index >= 15 is 0 Å². The molecule has 0 heterocycles. The van der Waals surface area contributed by atoms with Crippen LogP contribution < -0.4 is 4.74 Å². The second-order valence-electron chi connectivity index (χ2n) is 7.57. The minimum absolute atomic E-state index is 0.278. The first-order valence-corrected chi connectivity index (χ1v) is 11.1. The maximum atomic E-state index is 6.60. The van der Waals surface area contributed by atoms with Crippen LogP contribution >= 0.6 is 0 Å². The van der Waals surface area contributed by atoms with E-state index in [1.165, 1.54) is 11.1 Å². The Morgan fingerprint density at radius 3 is 2.57 bits per heavy atom. The molecule has 1 aliphatic rings. The highest BCUT2D eigenvalue weighted by atomic mass is 28.4. The Morgan fingerprint density at radius 1 is 1.24 bits per heavy atom. The average Bonchev–Trinajstić information content (AvgIpc) is 2.37.